The van der Waals surface area contributed by atoms with Crippen molar-refractivity contribution < 1.29 is 42.9 Å². The highest BCUT2D eigenvalue weighted by Crippen LogP contribution is 2.25. The SMILES string of the molecule is CC[C@H]1C(=O)OC[C@H](NC(=O)c2nccc(C)c2OC(=O)c2cccs2)C(=O)O[C@@H](C)[C@@H]1OC(=O)C(C)C. The smallest absolute Gasteiger partial charge is 0.353 e. The zero-order chi connectivity index (χ0) is 28.0. The second-order valence-corrected chi connectivity index (χ2v) is 9.99. The summed E-state index contributed by atoms with van der Waals surface area (Å²) in [6.45, 7) is 7.62. The van der Waals surface area contributed by atoms with Crippen LogP contribution in [0.1, 0.15) is 59.8 Å². The van der Waals surface area contributed by atoms with Gasteiger partial charge in [-0.25, -0.2) is 14.6 Å². The number of carbonyl (C=O) groups excluding carboxylic acids is 5. The Morgan fingerprint density at radius 2 is 1.95 bits per heavy atom. The number of aryl methyl sites for hydroxylation is 1. The molecule has 0 bridgehead atoms. The van der Waals surface area contributed by atoms with E-state index in [0.717, 1.165) is 0 Å². The molecule has 11 nitrogen and oxygen atoms in total. The van der Waals surface area contributed by atoms with Gasteiger partial charge >= 0.3 is 23.9 Å². The number of esters is 4. The molecule has 1 aliphatic heterocycles. The molecule has 0 aromatic carbocycles. The van der Waals surface area contributed by atoms with Gasteiger partial charge in [0.05, 0.1) is 11.8 Å². The number of hydrogen-bond donors (Lipinski definition) is 1. The molecule has 0 radical (unpaired) electrons. The highest BCUT2D eigenvalue weighted by Gasteiger charge is 2.41. The van der Waals surface area contributed by atoms with Crippen molar-refractivity contribution in [3.63, 3.8) is 0 Å². The van der Waals surface area contributed by atoms with Gasteiger partial charge in [-0.3, -0.25) is 14.4 Å². The Kier molecular flexibility index (Phi) is 9.56. The van der Waals surface area contributed by atoms with Gasteiger partial charge in [0.15, 0.2) is 23.6 Å². The van der Waals surface area contributed by atoms with Crippen LogP contribution in [0.3, 0.4) is 0 Å². The molecule has 1 N–H and O–H groups in total. The molecule has 204 valence electrons. The van der Waals surface area contributed by atoms with Crippen molar-refractivity contribution >= 4 is 41.1 Å². The quantitative estimate of drug-likeness (QED) is 0.406. The molecule has 4 atom stereocenters. The van der Waals surface area contributed by atoms with Crippen LogP contribution in [0.25, 0.3) is 0 Å². The van der Waals surface area contributed by atoms with Gasteiger partial charge in [0.25, 0.3) is 5.91 Å². The first kappa shape index (κ1) is 28.8. The minimum absolute atomic E-state index is 0.0723. The van der Waals surface area contributed by atoms with Crippen LogP contribution in [0.2, 0.25) is 0 Å². The Morgan fingerprint density at radius 1 is 1.21 bits per heavy atom. The van der Waals surface area contributed by atoms with E-state index in [2.05, 4.69) is 10.3 Å². The number of nitrogens with zero attached hydrogens (tertiary/aromatic N) is 1. The fraction of sp³-hybridized carbons (Fsp3) is 0.462. The van der Waals surface area contributed by atoms with Gasteiger partial charge < -0.3 is 24.3 Å². The van der Waals surface area contributed by atoms with Crippen molar-refractivity contribution in [3.8, 4) is 5.75 Å². The average Bonchev–Trinajstić information content (AvgIpc) is 3.42. The molecular formula is C26H30N2O9S. The van der Waals surface area contributed by atoms with Crippen molar-refractivity contribution in [2.75, 3.05) is 6.61 Å². The Balaban J connectivity index is 1.82. The van der Waals surface area contributed by atoms with Gasteiger partial charge in [0.2, 0.25) is 0 Å². The number of rotatable bonds is 7. The molecule has 3 rings (SSSR count). The zero-order valence-electron chi connectivity index (χ0n) is 21.7. The lowest BCUT2D eigenvalue weighted by atomic mass is 9.95. The molecule has 1 amide bonds. The van der Waals surface area contributed by atoms with E-state index in [9.17, 15) is 24.0 Å². The van der Waals surface area contributed by atoms with E-state index in [1.165, 1.54) is 24.5 Å². The summed E-state index contributed by atoms with van der Waals surface area (Å²) in [5, 5.41) is 4.17. The van der Waals surface area contributed by atoms with E-state index in [1.54, 1.807) is 51.3 Å². The van der Waals surface area contributed by atoms with Crippen molar-refractivity contribution in [1.82, 2.24) is 10.3 Å². The maximum Gasteiger partial charge on any atom is 0.353 e. The largest absolute Gasteiger partial charge is 0.463 e. The fourth-order valence-corrected chi connectivity index (χ4v) is 4.28. The number of cyclic esters (lactones) is 2. The number of pyridine rings is 1. The van der Waals surface area contributed by atoms with Gasteiger partial charge in [-0.05, 0) is 43.3 Å². The zero-order valence-corrected chi connectivity index (χ0v) is 22.5. The molecule has 1 saturated heterocycles. The molecule has 2 aromatic rings. The second-order valence-electron chi connectivity index (χ2n) is 9.04. The summed E-state index contributed by atoms with van der Waals surface area (Å²) in [5.74, 6) is -5.07. The van der Waals surface area contributed by atoms with Gasteiger partial charge in [-0.15, -0.1) is 11.3 Å². The lowest BCUT2D eigenvalue weighted by Gasteiger charge is -2.29. The fourth-order valence-electron chi connectivity index (χ4n) is 3.68. The van der Waals surface area contributed by atoms with Crippen molar-refractivity contribution in [2.24, 2.45) is 11.8 Å². The normalized spacial score (nSPS) is 21.8. The summed E-state index contributed by atoms with van der Waals surface area (Å²) in [6.07, 6.45) is -0.447. The third kappa shape index (κ3) is 6.74. The van der Waals surface area contributed by atoms with Crippen LogP contribution < -0.4 is 10.1 Å². The van der Waals surface area contributed by atoms with Gasteiger partial charge in [-0.2, -0.15) is 0 Å². The third-order valence-electron chi connectivity index (χ3n) is 5.84. The Labute approximate surface area is 223 Å². The topological polar surface area (TPSA) is 147 Å². The Hall–Kier alpha value is -3.80. The molecule has 12 heteroatoms. The maximum atomic E-state index is 13.2. The summed E-state index contributed by atoms with van der Waals surface area (Å²) in [5.41, 5.74) is 0.227. The molecule has 0 saturated carbocycles. The molecule has 0 unspecified atom stereocenters. The Morgan fingerprint density at radius 3 is 2.58 bits per heavy atom. The predicted octanol–water partition coefficient (Wildman–Crippen LogP) is 2.85. The molecule has 2 aromatic heterocycles. The second kappa shape index (κ2) is 12.6. The molecule has 1 aliphatic rings. The van der Waals surface area contributed by atoms with Crippen molar-refractivity contribution in [2.45, 2.75) is 59.3 Å². The minimum Gasteiger partial charge on any atom is -0.463 e. The van der Waals surface area contributed by atoms with E-state index in [-0.39, 0.29) is 17.9 Å². The maximum absolute atomic E-state index is 13.2. The number of amides is 1. The van der Waals surface area contributed by atoms with Crippen LogP contribution in [0.15, 0.2) is 29.8 Å². The predicted molar refractivity (Wildman–Crippen MR) is 135 cm³/mol. The molecule has 3 heterocycles. The summed E-state index contributed by atoms with van der Waals surface area (Å²) < 4.78 is 21.8. The first-order valence-electron chi connectivity index (χ1n) is 12.1. The first-order chi connectivity index (χ1) is 18.0. The number of ether oxygens (including phenoxy) is 4. The Bertz CT molecular complexity index is 1200. The molecular weight excluding hydrogens is 516 g/mol. The van der Waals surface area contributed by atoms with Gasteiger partial charge in [0.1, 0.15) is 17.6 Å². The van der Waals surface area contributed by atoms with Crippen LogP contribution in [-0.2, 0) is 28.6 Å². The lowest BCUT2D eigenvalue weighted by Crippen LogP contribution is -2.47. The monoisotopic (exact) mass is 546 g/mol. The van der Waals surface area contributed by atoms with Gasteiger partial charge in [-0.1, -0.05) is 26.8 Å². The first-order valence-corrected chi connectivity index (χ1v) is 13.0. The number of hydrogen-bond acceptors (Lipinski definition) is 11. The van der Waals surface area contributed by atoms with E-state index in [1.807, 2.05) is 0 Å². The number of nitrogens with one attached hydrogen (secondary N) is 1. The summed E-state index contributed by atoms with van der Waals surface area (Å²) in [6, 6.07) is 3.44. The van der Waals surface area contributed by atoms with E-state index >= 15 is 0 Å². The van der Waals surface area contributed by atoms with Crippen LogP contribution in [-0.4, -0.2) is 59.6 Å². The van der Waals surface area contributed by atoms with Crippen molar-refractivity contribution in [1.29, 1.82) is 0 Å². The molecule has 1 fully saturated rings. The number of carbonyl (C=O) groups is 5. The number of aromatic nitrogens is 1. The van der Waals surface area contributed by atoms with Gasteiger partial charge in [0, 0.05) is 6.20 Å². The number of thiophene rings is 1. The van der Waals surface area contributed by atoms with E-state index in [0.29, 0.717) is 10.4 Å². The lowest BCUT2D eigenvalue weighted by molar-refractivity contribution is -0.176. The minimum atomic E-state index is -1.39. The average molecular weight is 547 g/mol. The molecule has 38 heavy (non-hydrogen) atoms. The molecule has 0 aliphatic carbocycles. The van der Waals surface area contributed by atoms with Crippen molar-refractivity contribution in [3.05, 3.63) is 45.9 Å². The summed E-state index contributed by atoms with van der Waals surface area (Å²) >= 11 is 1.18. The standard InChI is InChI=1S/C26H30N2O9S/c1-6-16-21(37-23(30)13(2)3)15(5)35-25(32)17(12-34-24(16)31)28-22(29)19-20(14(4)9-10-27-19)36-26(33)18-8-7-11-38-18/h7-11,13,15-17,21H,6,12H2,1-5H3,(H,28,29)/t15-,16+,17-,21-/m0/s1. The van der Waals surface area contributed by atoms with Crippen LogP contribution >= 0.6 is 11.3 Å². The van der Waals surface area contributed by atoms with Crippen LogP contribution in [0.5, 0.6) is 5.75 Å². The highest BCUT2D eigenvalue weighted by atomic mass is 32.1. The summed E-state index contributed by atoms with van der Waals surface area (Å²) in [4.78, 5) is 68.1. The summed E-state index contributed by atoms with van der Waals surface area (Å²) in [7, 11) is 0. The molecule has 0 spiro atoms. The van der Waals surface area contributed by atoms with E-state index < -0.39 is 66.5 Å². The highest BCUT2D eigenvalue weighted by molar-refractivity contribution is 7.12. The van der Waals surface area contributed by atoms with Crippen LogP contribution in [0.4, 0.5) is 0 Å². The third-order valence-corrected chi connectivity index (χ3v) is 6.69. The van der Waals surface area contributed by atoms with Crippen LogP contribution in [0, 0.1) is 18.8 Å². The van der Waals surface area contributed by atoms with E-state index in [4.69, 9.17) is 18.9 Å².